The smallest absolute Gasteiger partial charge is 0.126 e. The number of rotatable bonds is 7. The molecule has 1 rings (SSSR count). The molecular formula is C15H23F2N. The number of hydrogen-bond donors (Lipinski definition) is 1. The number of nitrogens with two attached hydrogens (primary N) is 1. The minimum absolute atomic E-state index is 0.0252. The Morgan fingerprint density at radius 1 is 1.11 bits per heavy atom. The molecule has 0 amide bonds. The van der Waals surface area contributed by atoms with Crippen LogP contribution in [-0.2, 0) is 6.42 Å². The summed E-state index contributed by atoms with van der Waals surface area (Å²) in [5.74, 6) is -0.631. The van der Waals surface area contributed by atoms with E-state index in [0.717, 1.165) is 31.7 Å². The van der Waals surface area contributed by atoms with Gasteiger partial charge < -0.3 is 5.73 Å². The second-order valence-corrected chi connectivity index (χ2v) is 4.96. The Morgan fingerprint density at radius 2 is 1.72 bits per heavy atom. The van der Waals surface area contributed by atoms with Crippen LogP contribution >= 0.6 is 0 Å². The minimum atomic E-state index is -0.529. The summed E-state index contributed by atoms with van der Waals surface area (Å²) in [5.41, 5.74) is 6.80. The van der Waals surface area contributed by atoms with Crippen LogP contribution in [0.25, 0.3) is 0 Å². The number of halogens is 2. The van der Waals surface area contributed by atoms with Gasteiger partial charge in [-0.2, -0.15) is 0 Å². The topological polar surface area (TPSA) is 26.0 Å². The maximum absolute atomic E-state index is 13.1. The van der Waals surface area contributed by atoms with E-state index in [2.05, 4.69) is 13.8 Å². The van der Waals surface area contributed by atoms with Gasteiger partial charge in [-0.15, -0.1) is 0 Å². The van der Waals surface area contributed by atoms with Crippen molar-refractivity contribution >= 4 is 0 Å². The average molecular weight is 255 g/mol. The van der Waals surface area contributed by atoms with Gasteiger partial charge in [-0.25, -0.2) is 8.78 Å². The first-order valence-corrected chi connectivity index (χ1v) is 6.77. The molecule has 2 atom stereocenters. The van der Waals surface area contributed by atoms with Crippen LogP contribution in [0.2, 0.25) is 0 Å². The Balaban J connectivity index is 2.63. The largest absolute Gasteiger partial charge is 0.327 e. The molecule has 0 aliphatic carbocycles. The number of hydrogen-bond acceptors (Lipinski definition) is 1. The molecule has 3 heteroatoms. The summed E-state index contributed by atoms with van der Waals surface area (Å²) in [6.07, 6.45) is 4.95. The van der Waals surface area contributed by atoms with Crippen molar-refractivity contribution in [2.45, 2.75) is 52.0 Å². The zero-order chi connectivity index (χ0) is 13.5. The van der Waals surface area contributed by atoms with Crippen LogP contribution in [0, 0.1) is 17.6 Å². The van der Waals surface area contributed by atoms with E-state index in [9.17, 15) is 8.78 Å². The number of benzene rings is 1. The highest BCUT2D eigenvalue weighted by Crippen LogP contribution is 2.19. The molecule has 1 aromatic rings. The highest BCUT2D eigenvalue weighted by Gasteiger charge is 2.16. The molecule has 0 spiro atoms. The molecule has 0 aromatic heterocycles. The molecule has 0 saturated heterocycles. The van der Waals surface area contributed by atoms with E-state index in [1.165, 1.54) is 12.1 Å². The maximum Gasteiger partial charge on any atom is 0.126 e. The van der Waals surface area contributed by atoms with Gasteiger partial charge in [0.1, 0.15) is 11.6 Å². The predicted molar refractivity (Wildman–Crippen MR) is 71.3 cm³/mol. The lowest BCUT2D eigenvalue weighted by Gasteiger charge is -2.22. The molecule has 2 unspecified atom stereocenters. The van der Waals surface area contributed by atoms with Crippen LogP contribution in [0.5, 0.6) is 0 Å². The molecule has 0 aliphatic heterocycles. The van der Waals surface area contributed by atoms with Crippen LogP contribution in [0.15, 0.2) is 18.2 Å². The molecule has 18 heavy (non-hydrogen) atoms. The summed E-state index contributed by atoms with van der Waals surface area (Å²) in [6, 6.07) is 3.61. The maximum atomic E-state index is 13.1. The molecule has 1 nitrogen and oxygen atoms in total. The quantitative estimate of drug-likeness (QED) is 0.781. The third-order valence-electron chi connectivity index (χ3n) is 3.45. The molecule has 1 aromatic carbocycles. The van der Waals surface area contributed by atoms with Crippen LogP contribution in [0.1, 0.15) is 45.1 Å². The van der Waals surface area contributed by atoms with Crippen molar-refractivity contribution in [3.63, 3.8) is 0 Å². The van der Waals surface area contributed by atoms with Gasteiger partial charge in [0.15, 0.2) is 0 Å². The zero-order valence-corrected chi connectivity index (χ0v) is 11.3. The van der Waals surface area contributed by atoms with E-state index >= 15 is 0 Å². The van der Waals surface area contributed by atoms with E-state index in [1.807, 2.05) is 0 Å². The van der Waals surface area contributed by atoms with E-state index in [-0.39, 0.29) is 6.04 Å². The molecule has 0 fully saturated rings. The van der Waals surface area contributed by atoms with Crippen LogP contribution < -0.4 is 5.73 Å². The van der Waals surface area contributed by atoms with Gasteiger partial charge in [0.25, 0.3) is 0 Å². The van der Waals surface area contributed by atoms with Crippen molar-refractivity contribution < 1.29 is 8.78 Å². The van der Waals surface area contributed by atoms with Crippen molar-refractivity contribution in [1.82, 2.24) is 0 Å². The van der Waals surface area contributed by atoms with Crippen LogP contribution in [0.4, 0.5) is 8.78 Å². The highest BCUT2D eigenvalue weighted by atomic mass is 19.1. The fraction of sp³-hybridized carbons (Fsp3) is 0.600. The van der Waals surface area contributed by atoms with Gasteiger partial charge >= 0.3 is 0 Å². The molecule has 2 N–H and O–H groups in total. The van der Waals surface area contributed by atoms with Gasteiger partial charge in [-0.3, -0.25) is 0 Å². The van der Waals surface area contributed by atoms with E-state index < -0.39 is 11.6 Å². The van der Waals surface area contributed by atoms with E-state index in [1.54, 1.807) is 0 Å². The van der Waals surface area contributed by atoms with E-state index in [4.69, 9.17) is 5.73 Å². The van der Waals surface area contributed by atoms with Gasteiger partial charge in [0.05, 0.1) is 0 Å². The van der Waals surface area contributed by atoms with Crippen molar-refractivity contribution in [1.29, 1.82) is 0 Å². The Morgan fingerprint density at radius 3 is 2.22 bits per heavy atom. The lowest BCUT2D eigenvalue weighted by atomic mass is 9.88. The minimum Gasteiger partial charge on any atom is -0.327 e. The molecule has 0 bridgehead atoms. The van der Waals surface area contributed by atoms with Gasteiger partial charge in [0.2, 0.25) is 0 Å². The summed E-state index contributed by atoms with van der Waals surface area (Å²) in [7, 11) is 0. The molecule has 102 valence electrons. The first-order valence-electron chi connectivity index (χ1n) is 6.77. The Bertz CT molecular complexity index is 345. The van der Waals surface area contributed by atoms with Crippen molar-refractivity contribution in [2.75, 3.05) is 0 Å². The molecular weight excluding hydrogens is 232 g/mol. The first kappa shape index (κ1) is 15.1. The third kappa shape index (κ3) is 4.73. The highest BCUT2D eigenvalue weighted by molar-refractivity contribution is 5.19. The summed E-state index contributed by atoms with van der Waals surface area (Å²) in [5, 5.41) is 0. The molecule has 0 radical (unpaired) electrons. The zero-order valence-electron chi connectivity index (χ0n) is 11.3. The van der Waals surface area contributed by atoms with E-state index in [0.29, 0.717) is 17.9 Å². The fourth-order valence-corrected chi connectivity index (χ4v) is 2.35. The van der Waals surface area contributed by atoms with Crippen molar-refractivity contribution in [2.24, 2.45) is 11.7 Å². The SMILES string of the molecule is CCCCC(CC)C(N)Cc1cc(F)cc(F)c1. The normalized spacial score (nSPS) is 14.5. The number of unbranched alkanes of at least 4 members (excludes halogenated alkanes) is 1. The van der Waals surface area contributed by atoms with Crippen LogP contribution in [0.3, 0.4) is 0 Å². The lowest BCUT2D eigenvalue weighted by molar-refractivity contribution is 0.368. The lowest BCUT2D eigenvalue weighted by Crippen LogP contribution is -2.32. The average Bonchev–Trinajstić information content (AvgIpc) is 2.28. The standard InChI is InChI=1S/C15H23F2N/c1-3-5-6-12(4-2)15(18)9-11-7-13(16)10-14(17)8-11/h7-8,10,12,15H,3-6,9,18H2,1-2H3. The second kappa shape index (κ2) is 7.47. The van der Waals surface area contributed by atoms with Crippen molar-refractivity contribution in [3.05, 3.63) is 35.4 Å². The van der Waals surface area contributed by atoms with Crippen molar-refractivity contribution in [3.8, 4) is 0 Å². The molecule has 0 heterocycles. The summed E-state index contributed by atoms with van der Waals surface area (Å²) in [4.78, 5) is 0. The third-order valence-corrected chi connectivity index (χ3v) is 3.45. The fourth-order valence-electron chi connectivity index (χ4n) is 2.35. The summed E-state index contributed by atoms with van der Waals surface area (Å²) in [6.45, 7) is 4.27. The molecule has 0 saturated carbocycles. The Kier molecular flexibility index (Phi) is 6.27. The summed E-state index contributed by atoms with van der Waals surface area (Å²) >= 11 is 0. The summed E-state index contributed by atoms with van der Waals surface area (Å²) < 4.78 is 26.2. The first-order chi connectivity index (χ1) is 8.56. The monoisotopic (exact) mass is 255 g/mol. The van der Waals surface area contributed by atoms with Gasteiger partial charge in [-0.1, -0.05) is 33.1 Å². The van der Waals surface area contributed by atoms with Gasteiger partial charge in [-0.05, 0) is 36.5 Å². The Labute approximate surface area is 108 Å². The second-order valence-electron chi connectivity index (χ2n) is 4.96. The van der Waals surface area contributed by atoms with Gasteiger partial charge in [0, 0.05) is 12.1 Å². The predicted octanol–water partition coefficient (Wildman–Crippen LogP) is 4.05. The Hall–Kier alpha value is -0.960. The van der Waals surface area contributed by atoms with Crippen LogP contribution in [-0.4, -0.2) is 6.04 Å². The molecule has 0 aliphatic rings.